The molecule has 0 atom stereocenters. The van der Waals surface area contributed by atoms with Crippen LogP contribution in [0, 0.1) is 0 Å². The molecule has 2 amide bonds. The van der Waals surface area contributed by atoms with Gasteiger partial charge in [-0.2, -0.15) is 0 Å². The Kier molecular flexibility index (Phi) is 5.26. The Morgan fingerprint density at radius 1 is 1.35 bits per heavy atom. The third-order valence-corrected chi connectivity index (χ3v) is 2.54. The molecule has 0 unspecified atom stereocenters. The summed E-state index contributed by atoms with van der Waals surface area (Å²) in [5, 5.41) is 5.37. The molecule has 0 saturated heterocycles. The number of hydrogen-bond acceptors (Lipinski definition) is 3. The minimum absolute atomic E-state index is 0.0134. The van der Waals surface area contributed by atoms with Crippen LogP contribution in [0.5, 0.6) is 0 Å². The van der Waals surface area contributed by atoms with Gasteiger partial charge in [0.2, 0.25) is 5.91 Å². The lowest BCUT2D eigenvalue weighted by atomic mass is 10.2. The van der Waals surface area contributed by atoms with Crippen molar-refractivity contribution in [2.45, 2.75) is 32.7 Å². The second kappa shape index (κ2) is 6.73. The molecule has 5 heteroatoms. The average Bonchev–Trinajstić information content (AvgIpc) is 2.86. The predicted molar refractivity (Wildman–Crippen MR) is 63.6 cm³/mol. The summed E-state index contributed by atoms with van der Waals surface area (Å²) in [5.74, 6) is -0.478. The summed E-state index contributed by atoms with van der Waals surface area (Å²) < 4.78 is 4.78. The fourth-order valence-corrected chi connectivity index (χ4v) is 1.43. The van der Waals surface area contributed by atoms with Crippen molar-refractivity contribution in [2.75, 3.05) is 6.54 Å². The van der Waals surface area contributed by atoms with E-state index in [0.717, 1.165) is 12.8 Å². The summed E-state index contributed by atoms with van der Waals surface area (Å²) in [6.07, 6.45) is 4.53. The second-order valence-corrected chi connectivity index (χ2v) is 3.78. The lowest BCUT2D eigenvalue weighted by Gasteiger charge is -2.14. The molecule has 5 nitrogen and oxygen atoms in total. The molecule has 0 aliphatic heterocycles. The highest BCUT2D eigenvalue weighted by Gasteiger charge is 2.11. The van der Waals surface area contributed by atoms with E-state index in [1.807, 2.05) is 13.8 Å². The van der Waals surface area contributed by atoms with Gasteiger partial charge < -0.3 is 15.1 Å². The molecule has 17 heavy (non-hydrogen) atoms. The van der Waals surface area contributed by atoms with Crippen molar-refractivity contribution in [3.05, 3.63) is 24.2 Å². The van der Waals surface area contributed by atoms with Crippen molar-refractivity contribution >= 4 is 11.8 Å². The van der Waals surface area contributed by atoms with Crippen LogP contribution >= 0.6 is 0 Å². The van der Waals surface area contributed by atoms with Gasteiger partial charge in [0.1, 0.15) is 6.26 Å². The largest absolute Gasteiger partial charge is 0.472 e. The van der Waals surface area contributed by atoms with Crippen LogP contribution in [0.1, 0.15) is 37.0 Å². The lowest BCUT2D eigenvalue weighted by molar-refractivity contribution is -0.120. The molecule has 0 aliphatic rings. The number of furan rings is 1. The number of amides is 2. The van der Waals surface area contributed by atoms with Gasteiger partial charge >= 0.3 is 0 Å². The molecule has 1 aromatic heterocycles. The van der Waals surface area contributed by atoms with Crippen molar-refractivity contribution in [1.82, 2.24) is 10.6 Å². The van der Waals surface area contributed by atoms with E-state index in [2.05, 4.69) is 10.6 Å². The van der Waals surface area contributed by atoms with Crippen molar-refractivity contribution in [2.24, 2.45) is 0 Å². The molecule has 1 aromatic rings. The number of carbonyl (C=O) groups is 2. The zero-order valence-electron chi connectivity index (χ0n) is 10.2. The third-order valence-electron chi connectivity index (χ3n) is 2.54. The molecule has 0 aliphatic carbocycles. The molecule has 0 bridgehead atoms. The van der Waals surface area contributed by atoms with Gasteiger partial charge in [-0.3, -0.25) is 9.59 Å². The van der Waals surface area contributed by atoms with E-state index in [-0.39, 0.29) is 24.4 Å². The van der Waals surface area contributed by atoms with Crippen LogP contribution in [0.15, 0.2) is 23.0 Å². The van der Waals surface area contributed by atoms with E-state index < -0.39 is 0 Å². The molecule has 0 saturated carbocycles. The molecular formula is C12H18N2O3. The first-order valence-electron chi connectivity index (χ1n) is 5.77. The molecular weight excluding hydrogens is 220 g/mol. The summed E-state index contributed by atoms with van der Waals surface area (Å²) in [7, 11) is 0. The van der Waals surface area contributed by atoms with E-state index in [1.54, 1.807) is 6.07 Å². The van der Waals surface area contributed by atoms with Gasteiger partial charge in [-0.15, -0.1) is 0 Å². The number of nitrogens with one attached hydrogen (secondary N) is 2. The SMILES string of the molecule is CCC(CC)NC(=O)CNC(=O)c1ccoc1. The summed E-state index contributed by atoms with van der Waals surface area (Å²) in [6, 6.07) is 1.72. The zero-order valence-corrected chi connectivity index (χ0v) is 10.2. The summed E-state index contributed by atoms with van der Waals surface area (Å²) in [6.45, 7) is 4.01. The molecule has 0 aromatic carbocycles. The summed E-state index contributed by atoms with van der Waals surface area (Å²) in [4.78, 5) is 23.0. The highest BCUT2D eigenvalue weighted by Crippen LogP contribution is 1.99. The molecule has 94 valence electrons. The van der Waals surface area contributed by atoms with Crippen LogP contribution in [0.4, 0.5) is 0 Å². The first kappa shape index (κ1) is 13.3. The molecule has 0 spiro atoms. The van der Waals surface area contributed by atoms with Gasteiger partial charge in [-0.1, -0.05) is 13.8 Å². The maximum Gasteiger partial charge on any atom is 0.254 e. The standard InChI is InChI=1S/C12H18N2O3/c1-3-10(4-2)14-11(15)7-13-12(16)9-5-6-17-8-9/h5-6,8,10H,3-4,7H2,1-2H3,(H,13,16)(H,14,15). The normalized spacial score (nSPS) is 10.3. The highest BCUT2D eigenvalue weighted by atomic mass is 16.3. The van der Waals surface area contributed by atoms with Crippen molar-refractivity contribution in [3.8, 4) is 0 Å². The minimum Gasteiger partial charge on any atom is -0.472 e. The molecule has 1 heterocycles. The van der Waals surface area contributed by atoms with Gasteiger partial charge in [-0.25, -0.2) is 0 Å². The van der Waals surface area contributed by atoms with Crippen molar-refractivity contribution < 1.29 is 14.0 Å². The molecule has 0 fully saturated rings. The third kappa shape index (κ3) is 4.30. The van der Waals surface area contributed by atoms with Gasteiger partial charge in [0, 0.05) is 6.04 Å². The van der Waals surface area contributed by atoms with Gasteiger partial charge in [0.15, 0.2) is 0 Å². The van der Waals surface area contributed by atoms with E-state index in [4.69, 9.17) is 4.42 Å². The predicted octanol–water partition coefficient (Wildman–Crippen LogP) is 1.31. The zero-order chi connectivity index (χ0) is 12.7. The Hall–Kier alpha value is -1.78. The van der Waals surface area contributed by atoms with E-state index in [9.17, 15) is 9.59 Å². The molecule has 1 rings (SSSR count). The van der Waals surface area contributed by atoms with Crippen molar-refractivity contribution in [1.29, 1.82) is 0 Å². The van der Waals surface area contributed by atoms with Gasteiger partial charge in [0.25, 0.3) is 5.91 Å². The van der Waals surface area contributed by atoms with Crippen LogP contribution in [0.25, 0.3) is 0 Å². The van der Waals surface area contributed by atoms with Gasteiger partial charge in [-0.05, 0) is 18.9 Å². The quantitative estimate of drug-likeness (QED) is 0.785. The monoisotopic (exact) mass is 238 g/mol. The second-order valence-electron chi connectivity index (χ2n) is 3.78. The molecule has 0 radical (unpaired) electrons. The number of carbonyl (C=O) groups excluding carboxylic acids is 2. The Labute approximate surface area is 101 Å². The smallest absolute Gasteiger partial charge is 0.254 e. The van der Waals surface area contributed by atoms with E-state index in [1.165, 1.54) is 12.5 Å². The number of rotatable bonds is 6. The first-order valence-corrected chi connectivity index (χ1v) is 5.77. The summed E-state index contributed by atoms with van der Waals surface area (Å²) in [5.41, 5.74) is 0.417. The van der Waals surface area contributed by atoms with Crippen LogP contribution < -0.4 is 10.6 Å². The summed E-state index contributed by atoms with van der Waals surface area (Å²) >= 11 is 0. The Balaban J connectivity index is 2.31. The van der Waals surface area contributed by atoms with E-state index in [0.29, 0.717) is 5.56 Å². The Morgan fingerprint density at radius 2 is 2.06 bits per heavy atom. The Morgan fingerprint density at radius 3 is 2.59 bits per heavy atom. The fourth-order valence-electron chi connectivity index (χ4n) is 1.43. The Bertz CT molecular complexity index is 356. The van der Waals surface area contributed by atoms with Gasteiger partial charge in [0.05, 0.1) is 18.4 Å². The van der Waals surface area contributed by atoms with Crippen LogP contribution in [-0.2, 0) is 4.79 Å². The first-order chi connectivity index (χ1) is 8.17. The molecule has 2 N–H and O–H groups in total. The van der Waals surface area contributed by atoms with Crippen LogP contribution in [-0.4, -0.2) is 24.4 Å². The van der Waals surface area contributed by atoms with Crippen LogP contribution in [0.3, 0.4) is 0 Å². The average molecular weight is 238 g/mol. The highest BCUT2D eigenvalue weighted by molar-refractivity contribution is 5.96. The number of hydrogen-bond donors (Lipinski definition) is 2. The lowest BCUT2D eigenvalue weighted by Crippen LogP contribution is -2.41. The maximum absolute atomic E-state index is 11.5. The van der Waals surface area contributed by atoms with E-state index >= 15 is 0 Å². The minimum atomic E-state index is -0.307. The maximum atomic E-state index is 11.5. The van der Waals surface area contributed by atoms with Crippen LogP contribution in [0.2, 0.25) is 0 Å². The fraction of sp³-hybridized carbons (Fsp3) is 0.500. The topological polar surface area (TPSA) is 71.3 Å². The van der Waals surface area contributed by atoms with Crippen molar-refractivity contribution in [3.63, 3.8) is 0 Å².